The van der Waals surface area contributed by atoms with E-state index in [0.717, 1.165) is 37.6 Å². The van der Waals surface area contributed by atoms with Gasteiger partial charge in [-0.2, -0.15) is 5.26 Å². The van der Waals surface area contributed by atoms with Crippen molar-refractivity contribution < 1.29 is 4.42 Å². The second-order valence-corrected chi connectivity index (χ2v) is 7.15. The van der Waals surface area contributed by atoms with E-state index in [1.54, 1.807) is 16.9 Å². The maximum Gasteiger partial charge on any atom is 0.288 e. The summed E-state index contributed by atoms with van der Waals surface area (Å²) in [5.41, 5.74) is 2.74. The molecule has 0 bridgehead atoms. The lowest BCUT2D eigenvalue weighted by atomic mass is 10.1. The van der Waals surface area contributed by atoms with Crippen molar-refractivity contribution in [2.75, 3.05) is 31.1 Å². The van der Waals surface area contributed by atoms with E-state index in [0.29, 0.717) is 23.0 Å². The number of nitriles is 1. The summed E-state index contributed by atoms with van der Waals surface area (Å²) < 4.78 is 7.42. The molecule has 4 rings (SSSR count). The SMILES string of the molecule is Cc1ccc(-c2nn(CN3CCN(c4cc(C#N)ccn4)CC3)c(=S)o2)cc1. The van der Waals surface area contributed by atoms with Crippen LogP contribution in [0.1, 0.15) is 11.1 Å². The minimum absolute atomic E-state index is 0.376. The van der Waals surface area contributed by atoms with Crippen molar-refractivity contribution in [2.45, 2.75) is 13.6 Å². The van der Waals surface area contributed by atoms with Crippen molar-refractivity contribution in [1.29, 1.82) is 5.26 Å². The Kier molecular flexibility index (Phi) is 5.19. The molecule has 2 aromatic heterocycles. The molecule has 1 saturated heterocycles. The first-order valence-corrected chi connectivity index (χ1v) is 9.51. The molecule has 1 aliphatic heterocycles. The summed E-state index contributed by atoms with van der Waals surface area (Å²) >= 11 is 5.35. The number of benzene rings is 1. The number of pyridine rings is 1. The van der Waals surface area contributed by atoms with Crippen LogP contribution in [0.4, 0.5) is 5.82 Å². The molecule has 0 radical (unpaired) electrons. The molecule has 0 unspecified atom stereocenters. The molecule has 3 heterocycles. The van der Waals surface area contributed by atoms with Crippen molar-refractivity contribution in [1.82, 2.24) is 19.7 Å². The highest BCUT2D eigenvalue weighted by Crippen LogP contribution is 2.19. The normalized spacial score (nSPS) is 14.8. The largest absolute Gasteiger partial charge is 0.409 e. The zero-order valence-corrected chi connectivity index (χ0v) is 16.4. The van der Waals surface area contributed by atoms with Gasteiger partial charge in [-0.1, -0.05) is 17.7 Å². The summed E-state index contributed by atoms with van der Waals surface area (Å²) in [4.78, 5) is 9.23. The monoisotopic (exact) mass is 392 g/mol. The molecule has 3 aromatic rings. The summed E-state index contributed by atoms with van der Waals surface area (Å²) in [5, 5.41) is 13.6. The van der Waals surface area contributed by atoms with Crippen LogP contribution in [0.15, 0.2) is 47.0 Å². The van der Waals surface area contributed by atoms with Crippen molar-refractivity contribution in [2.24, 2.45) is 0 Å². The van der Waals surface area contributed by atoms with Crippen LogP contribution in [-0.2, 0) is 6.67 Å². The van der Waals surface area contributed by atoms with Gasteiger partial charge in [0.15, 0.2) is 0 Å². The smallest absolute Gasteiger partial charge is 0.288 e. The molecule has 0 aliphatic carbocycles. The first kappa shape index (κ1) is 18.3. The quantitative estimate of drug-likeness (QED) is 0.631. The van der Waals surface area contributed by atoms with Gasteiger partial charge in [-0.05, 0) is 43.4 Å². The average molecular weight is 392 g/mol. The van der Waals surface area contributed by atoms with Crippen LogP contribution in [0.3, 0.4) is 0 Å². The maximum atomic E-state index is 9.06. The average Bonchev–Trinajstić information content (AvgIpc) is 3.09. The van der Waals surface area contributed by atoms with E-state index in [1.807, 2.05) is 37.3 Å². The fourth-order valence-electron chi connectivity index (χ4n) is 3.18. The van der Waals surface area contributed by atoms with E-state index < -0.39 is 0 Å². The van der Waals surface area contributed by atoms with E-state index in [1.165, 1.54) is 5.56 Å². The highest BCUT2D eigenvalue weighted by molar-refractivity contribution is 7.71. The number of hydrogen-bond acceptors (Lipinski definition) is 7. The van der Waals surface area contributed by atoms with E-state index in [2.05, 4.69) is 26.0 Å². The van der Waals surface area contributed by atoms with Gasteiger partial charge in [-0.15, -0.1) is 5.10 Å². The summed E-state index contributed by atoms with van der Waals surface area (Å²) in [6.07, 6.45) is 1.68. The topological polar surface area (TPSA) is 74.1 Å². The molecule has 0 saturated carbocycles. The van der Waals surface area contributed by atoms with E-state index in [4.69, 9.17) is 21.9 Å². The minimum Gasteiger partial charge on any atom is -0.409 e. The van der Waals surface area contributed by atoms with Crippen LogP contribution in [0.25, 0.3) is 11.5 Å². The molecule has 0 atom stereocenters. The van der Waals surface area contributed by atoms with Crippen LogP contribution in [-0.4, -0.2) is 45.8 Å². The van der Waals surface area contributed by atoms with Crippen molar-refractivity contribution in [3.05, 3.63) is 58.6 Å². The molecule has 8 heteroatoms. The Morgan fingerprint density at radius 1 is 1.14 bits per heavy atom. The van der Waals surface area contributed by atoms with Gasteiger partial charge < -0.3 is 9.32 Å². The van der Waals surface area contributed by atoms with Crippen molar-refractivity contribution in [3.8, 4) is 17.5 Å². The second-order valence-electron chi connectivity index (χ2n) is 6.80. The molecule has 7 nitrogen and oxygen atoms in total. The third-order valence-electron chi connectivity index (χ3n) is 4.81. The summed E-state index contributed by atoms with van der Waals surface area (Å²) in [6, 6.07) is 13.7. The minimum atomic E-state index is 0.376. The number of anilines is 1. The third-order valence-corrected chi connectivity index (χ3v) is 5.10. The Labute approximate surface area is 168 Å². The molecule has 28 heavy (non-hydrogen) atoms. The van der Waals surface area contributed by atoms with Gasteiger partial charge >= 0.3 is 0 Å². The first-order valence-electron chi connectivity index (χ1n) is 9.11. The Morgan fingerprint density at radius 2 is 1.89 bits per heavy atom. The van der Waals surface area contributed by atoms with Gasteiger partial charge in [0.25, 0.3) is 4.84 Å². The van der Waals surface area contributed by atoms with Gasteiger partial charge in [0.1, 0.15) is 5.82 Å². The molecule has 1 aromatic carbocycles. The summed E-state index contributed by atoms with van der Waals surface area (Å²) in [6.45, 7) is 6.01. The van der Waals surface area contributed by atoms with Gasteiger partial charge in [0.05, 0.1) is 18.3 Å². The lowest BCUT2D eigenvalue weighted by Crippen LogP contribution is -2.47. The third kappa shape index (κ3) is 3.96. The molecule has 0 amide bonds. The molecular formula is C20H20N6OS. The molecule has 0 N–H and O–H groups in total. The van der Waals surface area contributed by atoms with E-state index in [-0.39, 0.29) is 0 Å². The Hall–Kier alpha value is -3.02. The summed E-state index contributed by atoms with van der Waals surface area (Å²) in [7, 11) is 0. The highest BCUT2D eigenvalue weighted by Gasteiger charge is 2.20. The zero-order valence-electron chi connectivity index (χ0n) is 15.6. The molecule has 1 aliphatic rings. The summed E-state index contributed by atoms with van der Waals surface area (Å²) in [5.74, 6) is 1.39. The number of rotatable bonds is 4. The van der Waals surface area contributed by atoms with Gasteiger partial charge in [0.2, 0.25) is 5.89 Å². The van der Waals surface area contributed by atoms with Crippen LogP contribution in [0, 0.1) is 23.1 Å². The predicted octanol–water partition coefficient (Wildman–Crippen LogP) is 3.23. The maximum absolute atomic E-state index is 9.06. The molecule has 0 spiro atoms. The zero-order chi connectivity index (χ0) is 19.5. The Morgan fingerprint density at radius 3 is 2.61 bits per heavy atom. The second kappa shape index (κ2) is 7.92. The fourth-order valence-corrected chi connectivity index (χ4v) is 3.35. The van der Waals surface area contributed by atoms with Crippen molar-refractivity contribution >= 4 is 18.0 Å². The fraction of sp³-hybridized carbons (Fsp3) is 0.300. The van der Waals surface area contributed by atoms with Crippen LogP contribution >= 0.6 is 12.2 Å². The molecular weight excluding hydrogens is 372 g/mol. The number of piperazine rings is 1. The predicted molar refractivity (Wildman–Crippen MR) is 108 cm³/mol. The van der Waals surface area contributed by atoms with Gasteiger partial charge in [0, 0.05) is 37.9 Å². The van der Waals surface area contributed by atoms with E-state index >= 15 is 0 Å². The van der Waals surface area contributed by atoms with Gasteiger partial charge in [-0.25, -0.2) is 9.67 Å². The molecule has 1 fully saturated rings. The Balaban J connectivity index is 1.40. The van der Waals surface area contributed by atoms with E-state index in [9.17, 15) is 0 Å². The van der Waals surface area contributed by atoms with Gasteiger partial charge in [-0.3, -0.25) is 4.90 Å². The number of aromatic nitrogens is 3. The van der Waals surface area contributed by atoms with Crippen molar-refractivity contribution in [3.63, 3.8) is 0 Å². The van der Waals surface area contributed by atoms with Crippen LogP contribution in [0.5, 0.6) is 0 Å². The number of hydrogen-bond donors (Lipinski definition) is 0. The standard InChI is InChI=1S/C20H20N6OS/c1-15-2-4-17(5-3-15)19-23-26(20(28)27-19)14-24-8-10-25(11-9-24)18-12-16(13-21)6-7-22-18/h2-7,12H,8-11,14H2,1H3. The molecule has 142 valence electrons. The Bertz CT molecular complexity index is 1060. The van der Waals surface area contributed by atoms with Crippen LogP contribution in [0.2, 0.25) is 0 Å². The number of nitrogens with zero attached hydrogens (tertiary/aromatic N) is 6. The lowest BCUT2D eigenvalue weighted by Gasteiger charge is -2.35. The lowest BCUT2D eigenvalue weighted by molar-refractivity contribution is 0.192. The van der Waals surface area contributed by atoms with Crippen LogP contribution < -0.4 is 4.90 Å². The first-order chi connectivity index (χ1) is 13.6. The number of aryl methyl sites for hydroxylation is 1. The highest BCUT2D eigenvalue weighted by atomic mass is 32.1.